The van der Waals surface area contributed by atoms with E-state index in [0.29, 0.717) is 0 Å². The van der Waals surface area contributed by atoms with Crippen LogP contribution in [0, 0.1) is 0 Å². The fraction of sp³-hybridized carbons (Fsp3) is 0.286. The van der Waals surface area contributed by atoms with E-state index in [1.165, 1.54) is 5.56 Å². The van der Waals surface area contributed by atoms with Crippen LogP contribution in [0.15, 0.2) is 47.3 Å². The molecule has 0 saturated carbocycles. The van der Waals surface area contributed by atoms with E-state index in [9.17, 15) is 0 Å². The van der Waals surface area contributed by atoms with E-state index < -0.39 is 0 Å². The number of nitrogens with zero attached hydrogens (tertiary/aromatic N) is 2. The zero-order valence-corrected chi connectivity index (χ0v) is 12.1. The van der Waals surface area contributed by atoms with Crippen molar-refractivity contribution in [1.29, 1.82) is 0 Å². The third-order valence-corrected chi connectivity index (χ3v) is 3.43. The molecule has 1 heterocycles. The number of aromatic nitrogens is 2. The Labute approximate surface area is 116 Å². The molecule has 0 bridgehead atoms. The summed E-state index contributed by atoms with van der Waals surface area (Å²) in [5, 5.41) is 3.51. The molecule has 0 aliphatic heterocycles. The van der Waals surface area contributed by atoms with Crippen molar-refractivity contribution in [3.05, 3.63) is 58.6 Å². The highest BCUT2D eigenvalue weighted by atomic mass is 79.9. The van der Waals surface area contributed by atoms with Crippen LogP contribution in [0.4, 0.5) is 0 Å². The number of hydrogen-bond acceptors (Lipinski definition) is 3. The molecule has 2 rings (SSSR count). The molecule has 4 heteroatoms. The molecule has 0 aliphatic rings. The summed E-state index contributed by atoms with van der Waals surface area (Å²) < 4.78 is 1.10. The zero-order valence-electron chi connectivity index (χ0n) is 10.5. The van der Waals surface area contributed by atoms with Gasteiger partial charge >= 0.3 is 0 Å². The molecule has 3 nitrogen and oxygen atoms in total. The third kappa shape index (κ3) is 3.37. The van der Waals surface area contributed by atoms with Gasteiger partial charge in [-0.15, -0.1) is 0 Å². The molecule has 1 aromatic heterocycles. The van der Waals surface area contributed by atoms with Gasteiger partial charge in [-0.05, 0) is 31.5 Å². The molecule has 0 saturated heterocycles. The van der Waals surface area contributed by atoms with Gasteiger partial charge in [-0.2, -0.15) is 0 Å². The molecule has 0 amide bonds. The number of hydrogen-bond donors (Lipinski definition) is 1. The monoisotopic (exact) mass is 305 g/mol. The summed E-state index contributed by atoms with van der Waals surface area (Å²) in [4.78, 5) is 8.40. The van der Waals surface area contributed by atoms with Crippen molar-refractivity contribution in [1.82, 2.24) is 15.3 Å². The van der Waals surface area contributed by atoms with Crippen LogP contribution >= 0.6 is 15.9 Å². The van der Waals surface area contributed by atoms with Gasteiger partial charge in [0.2, 0.25) is 0 Å². The lowest BCUT2D eigenvalue weighted by atomic mass is 10.1. The van der Waals surface area contributed by atoms with Crippen LogP contribution in [0.2, 0.25) is 0 Å². The lowest BCUT2D eigenvalue weighted by Gasteiger charge is -2.19. The molecule has 2 aromatic rings. The van der Waals surface area contributed by atoms with E-state index in [-0.39, 0.29) is 12.1 Å². The second-order valence-corrected chi connectivity index (χ2v) is 5.21. The van der Waals surface area contributed by atoms with Crippen LogP contribution in [-0.4, -0.2) is 9.97 Å². The van der Waals surface area contributed by atoms with Gasteiger partial charge in [0.15, 0.2) is 0 Å². The first-order valence-electron chi connectivity index (χ1n) is 5.94. The molecule has 18 heavy (non-hydrogen) atoms. The maximum atomic E-state index is 4.31. The largest absolute Gasteiger partial charge is 0.302 e. The molecule has 0 aliphatic carbocycles. The number of benzene rings is 1. The second kappa shape index (κ2) is 6.07. The molecular weight excluding hydrogens is 290 g/mol. The first-order chi connectivity index (χ1) is 8.66. The Kier molecular flexibility index (Phi) is 4.44. The Hall–Kier alpha value is -1.26. The van der Waals surface area contributed by atoms with Crippen molar-refractivity contribution >= 4 is 15.9 Å². The lowest BCUT2D eigenvalue weighted by molar-refractivity contribution is 0.485. The molecular formula is C14H16BrN3. The average Bonchev–Trinajstić information content (AvgIpc) is 2.40. The molecule has 2 atom stereocenters. The van der Waals surface area contributed by atoms with Crippen molar-refractivity contribution in [3.8, 4) is 0 Å². The average molecular weight is 306 g/mol. The fourth-order valence-corrected chi connectivity index (χ4v) is 2.11. The molecule has 0 fully saturated rings. The molecule has 94 valence electrons. The van der Waals surface area contributed by atoms with Gasteiger partial charge in [0, 0.05) is 35.1 Å². The van der Waals surface area contributed by atoms with Gasteiger partial charge < -0.3 is 5.32 Å². The summed E-state index contributed by atoms with van der Waals surface area (Å²) >= 11 is 3.44. The van der Waals surface area contributed by atoms with Crippen LogP contribution in [0.1, 0.15) is 37.2 Å². The summed E-state index contributed by atoms with van der Waals surface area (Å²) in [6.45, 7) is 4.25. The van der Waals surface area contributed by atoms with E-state index in [2.05, 4.69) is 69.3 Å². The van der Waals surface area contributed by atoms with E-state index in [1.54, 1.807) is 18.6 Å². The molecule has 1 aromatic carbocycles. The standard InChI is InChI=1S/C14H16BrN3/c1-10(12-3-5-13(15)6-4-12)18-11(2)14-9-16-7-8-17-14/h3-11,18H,1-2H3/t10-,11?/m1/s1. The predicted octanol–water partition coefficient (Wildman–Crippen LogP) is 3.65. The normalized spacial score (nSPS) is 14.2. The Morgan fingerprint density at radius 1 is 1.06 bits per heavy atom. The summed E-state index contributed by atoms with van der Waals surface area (Å²) in [6, 6.07) is 8.80. The smallest absolute Gasteiger partial charge is 0.0753 e. The number of halogens is 1. The van der Waals surface area contributed by atoms with Crippen molar-refractivity contribution in [2.45, 2.75) is 25.9 Å². The Morgan fingerprint density at radius 2 is 1.78 bits per heavy atom. The van der Waals surface area contributed by atoms with Crippen LogP contribution in [-0.2, 0) is 0 Å². The first kappa shape index (κ1) is 13.2. The van der Waals surface area contributed by atoms with Crippen molar-refractivity contribution in [2.75, 3.05) is 0 Å². The fourth-order valence-electron chi connectivity index (χ4n) is 1.84. The van der Waals surface area contributed by atoms with Gasteiger partial charge in [0.25, 0.3) is 0 Å². The number of rotatable bonds is 4. The number of nitrogens with one attached hydrogen (secondary N) is 1. The molecule has 0 spiro atoms. The highest BCUT2D eigenvalue weighted by molar-refractivity contribution is 9.10. The van der Waals surface area contributed by atoms with Gasteiger partial charge in [0.05, 0.1) is 5.69 Å². The summed E-state index contributed by atoms with van der Waals surface area (Å²) in [5.41, 5.74) is 2.22. The van der Waals surface area contributed by atoms with Gasteiger partial charge in [-0.1, -0.05) is 28.1 Å². The predicted molar refractivity (Wildman–Crippen MR) is 76.1 cm³/mol. The maximum absolute atomic E-state index is 4.31. The van der Waals surface area contributed by atoms with Crippen LogP contribution in [0.5, 0.6) is 0 Å². The minimum Gasteiger partial charge on any atom is -0.302 e. The Morgan fingerprint density at radius 3 is 2.39 bits per heavy atom. The minimum atomic E-state index is 0.178. The highest BCUT2D eigenvalue weighted by Crippen LogP contribution is 2.19. The highest BCUT2D eigenvalue weighted by Gasteiger charge is 2.11. The third-order valence-electron chi connectivity index (χ3n) is 2.90. The summed E-state index contributed by atoms with van der Waals surface area (Å²) in [5.74, 6) is 0. The van der Waals surface area contributed by atoms with E-state index in [1.807, 2.05) is 0 Å². The Bertz CT molecular complexity index is 484. The van der Waals surface area contributed by atoms with E-state index >= 15 is 0 Å². The lowest BCUT2D eigenvalue weighted by Crippen LogP contribution is -2.23. The van der Waals surface area contributed by atoms with Crippen molar-refractivity contribution < 1.29 is 0 Å². The topological polar surface area (TPSA) is 37.8 Å². The van der Waals surface area contributed by atoms with E-state index in [0.717, 1.165) is 10.2 Å². The van der Waals surface area contributed by atoms with Gasteiger partial charge in [-0.3, -0.25) is 9.97 Å². The second-order valence-electron chi connectivity index (χ2n) is 4.29. The SMILES string of the molecule is CC(N[C@H](C)c1ccc(Br)cc1)c1cnccn1. The summed E-state index contributed by atoms with van der Waals surface area (Å²) in [6.07, 6.45) is 5.21. The van der Waals surface area contributed by atoms with Crippen LogP contribution in [0.3, 0.4) is 0 Å². The van der Waals surface area contributed by atoms with Crippen molar-refractivity contribution in [2.24, 2.45) is 0 Å². The molecule has 0 radical (unpaired) electrons. The van der Waals surface area contributed by atoms with E-state index in [4.69, 9.17) is 0 Å². The summed E-state index contributed by atoms with van der Waals surface area (Å²) in [7, 11) is 0. The molecule has 1 unspecified atom stereocenters. The maximum Gasteiger partial charge on any atom is 0.0753 e. The Balaban J connectivity index is 2.03. The van der Waals surface area contributed by atoms with Crippen LogP contribution < -0.4 is 5.32 Å². The van der Waals surface area contributed by atoms with Crippen molar-refractivity contribution in [3.63, 3.8) is 0 Å². The van der Waals surface area contributed by atoms with Gasteiger partial charge in [-0.25, -0.2) is 0 Å². The minimum absolute atomic E-state index is 0.178. The quantitative estimate of drug-likeness (QED) is 0.937. The molecule has 1 N–H and O–H groups in total. The first-order valence-corrected chi connectivity index (χ1v) is 6.73. The van der Waals surface area contributed by atoms with Crippen LogP contribution in [0.25, 0.3) is 0 Å². The van der Waals surface area contributed by atoms with Gasteiger partial charge in [0.1, 0.15) is 0 Å². The zero-order chi connectivity index (χ0) is 13.0.